The van der Waals surface area contributed by atoms with E-state index in [1.54, 1.807) is 13.8 Å². The van der Waals surface area contributed by atoms with E-state index in [2.05, 4.69) is 0 Å². The van der Waals surface area contributed by atoms with Crippen LogP contribution < -0.4 is 0 Å². The number of hydrogen-bond acceptors (Lipinski definition) is 2. The maximum absolute atomic E-state index is 11.2. The quantitative estimate of drug-likeness (QED) is 0.796. The van der Waals surface area contributed by atoms with E-state index in [4.69, 9.17) is 0 Å². The average Bonchev–Trinajstić information content (AvgIpc) is 2.55. The summed E-state index contributed by atoms with van der Waals surface area (Å²) in [5, 5.41) is 19.7. The maximum Gasteiger partial charge on any atom is 0.312 e. The maximum atomic E-state index is 11.2. The van der Waals surface area contributed by atoms with Crippen molar-refractivity contribution in [3.63, 3.8) is 0 Å². The Morgan fingerprint density at radius 2 is 1.69 bits per heavy atom. The Labute approximate surface area is 94.7 Å². The van der Waals surface area contributed by atoms with Gasteiger partial charge in [0.2, 0.25) is 0 Å². The Balaban J connectivity index is 2.37. The molecule has 3 heteroatoms. The molecule has 1 aromatic rings. The molecule has 1 aromatic carbocycles. The standard InChI is InChI=1S/C13H16O3/c1-12(2,11(14)15)13(16)7-9-5-3-4-6-10(9)8-13/h3-6,16H,7-8H2,1-2H3,(H,14,15). The van der Waals surface area contributed by atoms with Crippen LogP contribution in [0.2, 0.25) is 0 Å². The summed E-state index contributed by atoms with van der Waals surface area (Å²) in [6.45, 7) is 3.17. The molecule has 0 saturated carbocycles. The van der Waals surface area contributed by atoms with Crippen LogP contribution in [0, 0.1) is 5.41 Å². The van der Waals surface area contributed by atoms with E-state index in [-0.39, 0.29) is 0 Å². The van der Waals surface area contributed by atoms with Crippen molar-refractivity contribution in [3.05, 3.63) is 35.4 Å². The summed E-state index contributed by atoms with van der Waals surface area (Å²) in [5.41, 5.74) is -0.201. The van der Waals surface area contributed by atoms with Gasteiger partial charge in [-0.05, 0) is 25.0 Å². The minimum atomic E-state index is -1.18. The first kappa shape index (κ1) is 11.1. The van der Waals surface area contributed by atoms with Crippen LogP contribution in [-0.2, 0) is 17.6 Å². The van der Waals surface area contributed by atoms with Crippen molar-refractivity contribution in [1.82, 2.24) is 0 Å². The molecular weight excluding hydrogens is 204 g/mol. The number of carboxylic acid groups (broad SMARTS) is 1. The third-order valence-electron chi connectivity index (χ3n) is 3.78. The number of aliphatic hydroxyl groups is 1. The van der Waals surface area contributed by atoms with Gasteiger partial charge in [0.25, 0.3) is 0 Å². The summed E-state index contributed by atoms with van der Waals surface area (Å²) in [6, 6.07) is 7.73. The Morgan fingerprint density at radius 1 is 1.25 bits per heavy atom. The van der Waals surface area contributed by atoms with Gasteiger partial charge in [0.05, 0.1) is 11.0 Å². The zero-order chi connectivity index (χ0) is 12.0. The number of rotatable bonds is 2. The monoisotopic (exact) mass is 220 g/mol. The minimum absolute atomic E-state index is 0.419. The Morgan fingerprint density at radius 3 is 2.06 bits per heavy atom. The largest absolute Gasteiger partial charge is 0.481 e. The van der Waals surface area contributed by atoms with Gasteiger partial charge in [0.15, 0.2) is 0 Å². The lowest BCUT2D eigenvalue weighted by molar-refractivity contribution is -0.163. The first-order valence-corrected chi connectivity index (χ1v) is 5.39. The normalized spacial score (nSPS) is 18.2. The number of fused-ring (bicyclic) bond motifs is 1. The minimum Gasteiger partial charge on any atom is -0.481 e. The molecule has 0 amide bonds. The Bertz CT molecular complexity index is 410. The molecule has 0 fully saturated rings. The number of carbonyl (C=O) groups is 1. The van der Waals surface area contributed by atoms with E-state index >= 15 is 0 Å². The lowest BCUT2D eigenvalue weighted by atomic mass is 9.73. The molecule has 0 aromatic heterocycles. The van der Waals surface area contributed by atoms with E-state index in [1.165, 1.54) is 0 Å². The van der Waals surface area contributed by atoms with Crippen LogP contribution >= 0.6 is 0 Å². The highest BCUT2D eigenvalue weighted by molar-refractivity contribution is 5.76. The summed E-state index contributed by atoms with van der Waals surface area (Å²) < 4.78 is 0. The summed E-state index contributed by atoms with van der Waals surface area (Å²) >= 11 is 0. The van der Waals surface area contributed by atoms with Crippen molar-refractivity contribution in [2.24, 2.45) is 5.41 Å². The molecule has 0 saturated heterocycles. The molecule has 16 heavy (non-hydrogen) atoms. The molecule has 0 spiro atoms. The fraction of sp³-hybridized carbons (Fsp3) is 0.462. The molecule has 0 heterocycles. The third-order valence-corrected chi connectivity index (χ3v) is 3.78. The van der Waals surface area contributed by atoms with E-state index < -0.39 is 17.0 Å². The van der Waals surface area contributed by atoms with Gasteiger partial charge in [-0.3, -0.25) is 4.79 Å². The zero-order valence-electron chi connectivity index (χ0n) is 9.53. The van der Waals surface area contributed by atoms with Gasteiger partial charge in [0, 0.05) is 12.8 Å². The van der Waals surface area contributed by atoms with Gasteiger partial charge in [-0.15, -0.1) is 0 Å². The predicted molar refractivity (Wildman–Crippen MR) is 60.2 cm³/mol. The third kappa shape index (κ3) is 1.43. The highest BCUT2D eigenvalue weighted by Gasteiger charge is 2.51. The predicted octanol–water partition coefficient (Wildman–Crippen LogP) is 1.63. The van der Waals surface area contributed by atoms with Crippen molar-refractivity contribution in [3.8, 4) is 0 Å². The fourth-order valence-electron chi connectivity index (χ4n) is 2.24. The number of benzene rings is 1. The molecule has 1 aliphatic rings. The van der Waals surface area contributed by atoms with Gasteiger partial charge in [-0.1, -0.05) is 24.3 Å². The van der Waals surface area contributed by atoms with Crippen LogP contribution in [0.5, 0.6) is 0 Å². The Hall–Kier alpha value is -1.35. The second-order valence-electron chi connectivity index (χ2n) is 5.08. The number of hydrogen-bond donors (Lipinski definition) is 2. The van der Waals surface area contributed by atoms with Gasteiger partial charge >= 0.3 is 5.97 Å². The molecule has 1 aliphatic carbocycles. The lowest BCUT2D eigenvalue weighted by Crippen LogP contribution is -2.50. The smallest absolute Gasteiger partial charge is 0.312 e. The van der Waals surface area contributed by atoms with Crippen LogP contribution in [0.15, 0.2) is 24.3 Å². The fourth-order valence-corrected chi connectivity index (χ4v) is 2.24. The van der Waals surface area contributed by atoms with Crippen LogP contribution in [0.3, 0.4) is 0 Å². The van der Waals surface area contributed by atoms with Crippen LogP contribution in [0.4, 0.5) is 0 Å². The molecular formula is C13H16O3. The molecule has 0 atom stereocenters. The van der Waals surface area contributed by atoms with Crippen molar-refractivity contribution < 1.29 is 15.0 Å². The molecule has 0 unspecified atom stereocenters. The number of carboxylic acids is 1. The Kier molecular flexibility index (Phi) is 2.31. The molecule has 86 valence electrons. The van der Waals surface area contributed by atoms with Crippen LogP contribution in [0.1, 0.15) is 25.0 Å². The summed E-state index contributed by atoms with van der Waals surface area (Å²) in [4.78, 5) is 11.2. The second-order valence-corrected chi connectivity index (χ2v) is 5.08. The zero-order valence-corrected chi connectivity index (χ0v) is 9.53. The highest BCUT2D eigenvalue weighted by atomic mass is 16.4. The van der Waals surface area contributed by atoms with E-state index in [0.29, 0.717) is 12.8 Å². The molecule has 0 radical (unpaired) electrons. The van der Waals surface area contributed by atoms with Crippen LogP contribution in [0.25, 0.3) is 0 Å². The highest BCUT2D eigenvalue weighted by Crippen LogP contribution is 2.42. The SMILES string of the molecule is CC(C)(C(=O)O)C1(O)Cc2ccccc2C1. The van der Waals surface area contributed by atoms with E-state index in [9.17, 15) is 15.0 Å². The van der Waals surface area contributed by atoms with Crippen LogP contribution in [-0.4, -0.2) is 21.8 Å². The topological polar surface area (TPSA) is 57.5 Å². The van der Waals surface area contributed by atoms with Gasteiger partial charge < -0.3 is 10.2 Å². The summed E-state index contributed by atoms with van der Waals surface area (Å²) in [7, 11) is 0. The average molecular weight is 220 g/mol. The molecule has 3 nitrogen and oxygen atoms in total. The van der Waals surface area contributed by atoms with Crippen molar-refractivity contribution in [2.45, 2.75) is 32.3 Å². The van der Waals surface area contributed by atoms with E-state index in [0.717, 1.165) is 11.1 Å². The molecule has 0 bridgehead atoms. The van der Waals surface area contributed by atoms with E-state index in [1.807, 2.05) is 24.3 Å². The van der Waals surface area contributed by atoms with Crippen molar-refractivity contribution >= 4 is 5.97 Å². The molecule has 2 rings (SSSR count). The molecule has 0 aliphatic heterocycles. The lowest BCUT2D eigenvalue weighted by Gasteiger charge is -2.36. The first-order chi connectivity index (χ1) is 7.37. The summed E-state index contributed by atoms with van der Waals surface area (Å²) in [6.07, 6.45) is 0.838. The van der Waals surface area contributed by atoms with Crippen molar-refractivity contribution in [2.75, 3.05) is 0 Å². The second kappa shape index (κ2) is 3.32. The molecule has 2 N–H and O–H groups in total. The van der Waals surface area contributed by atoms with Gasteiger partial charge in [-0.2, -0.15) is 0 Å². The van der Waals surface area contributed by atoms with Crippen molar-refractivity contribution in [1.29, 1.82) is 0 Å². The first-order valence-electron chi connectivity index (χ1n) is 5.39. The number of aliphatic carboxylic acids is 1. The van der Waals surface area contributed by atoms with Gasteiger partial charge in [0.1, 0.15) is 0 Å². The van der Waals surface area contributed by atoms with Gasteiger partial charge in [-0.25, -0.2) is 0 Å². The summed E-state index contributed by atoms with van der Waals surface area (Å²) in [5.74, 6) is -0.956.